The van der Waals surface area contributed by atoms with Gasteiger partial charge in [0, 0.05) is 25.6 Å². The molecule has 2 aliphatic heterocycles. The van der Waals surface area contributed by atoms with Crippen LogP contribution < -0.4 is 5.32 Å². The van der Waals surface area contributed by atoms with Crippen LogP contribution in [0.15, 0.2) is 30.3 Å². The van der Waals surface area contributed by atoms with E-state index in [9.17, 15) is 4.79 Å². The first-order chi connectivity index (χ1) is 10.4. The summed E-state index contributed by atoms with van der Waals surface area (Å²) in [5, 5.41) is 3.48. The largest absolute Gasteiger partial charge is 0.341 e. The number of hydrogen-bond acceptors (Lipinski definition) is 2. The molecule has 2 atom stereocenters. The molecule has 3 nitrogen and oxygen atoms in total. The van der Waals surface area contributed by atoms with E-state index in [0.717, 1.165) is 39.0 Å². The molecule has 2 aliphatic rings. The molecule has 0 radical (unpaired) electrons. The lowest BCUT2D eigenvalue weighted by molar-refractivity contribution is -0.138. The monoisotopic (exact) mass is 300 g/mol. The molecule has 2 fully saturated rings. The van der Waals surface area contributed by atoms with E-state index < -0.39 is 0 Å². The van der Waals surface area contributed by atoms with E-state index in [2.05, 4.69) is 61.3 Å². The zero-order valence-corrected chi connectivity index (χ0v) is 14.1. The summed E-state index contributed by atoms with van der Waals surface area (Å²) in [7, 11) is 0. The Kier molecular flexibility index (Phi) is 4.02. The summed E-state index contributed by atoms with van der Waals surface area (Å²) >= 11 is 0. The second kappa shape index (κ2) is 5.69. The highest BCUT2D eigenvalue weighted by atomic mass is 16.2. The molecule has 0 saturated carbocycles. The van der Waals surface area contributed by atoms with Crippen molar-refractivity contribution < 1.29 is 4.79 Å². The predicted molar refractivity (Wildman–Crippen MR) is 89.8 cm³/mol. The maximum Gasteiger partial charge on any atom is 0.230 e. The number of piperidine rings is 1. The number of nitrogens with one attached hydrogen (secondary N) is 1. The molecule has 22 heavy (non-hydrogen) atoms. The van der Waals surface area contributed by atoms with Crippen LogP contribution in [0.2, 0.25) is 0 Å². The van der Waals surface area contributed by atoms with Crippen molar-refractivity contribution >= 4 is 5.91 Å². The van der Waals surface area contributed by atoms with Crippen LogP contribution in [-0.4, -0.2) is 37.0 Å². The van der Waals surface area contributed by atoms with Crippen LogP contribution in [0.1, 0.15) is 45.1 Å². The molecule has 0 unspecified atom stereocenters. The number of nitrogens with zero attached hydrogens (tertiary/aromatic N) is 1. The molecule has 1 aromatic rings. The summed E-state index contributed by atoms with van der Waals surface area (Å²) < 4.78 is 0. The lowest BCUT2D eigenvalue weighted by atomic mass is 9.69. The van der Waals surface area contributed by atoms with Crippen LogP contribution in [0.4, 0.5) is 0 Å². The molecule has 0 bridgehead atoms. The molecular weight excluding hydrogens is 272 g/mol. The fourth-order valence-corrected chi connectivity index (χ4v) is 4.17. The Labute approximate surface area is 134 Å². The third kappa shape index (κ3) is 2.79. The average molecular weight is 300 g/mol. The second-order valence-corrected chi connectivity index (χ2v) is 8.15. The van der Waals surface area contributed by atoms with Crippen molar-refractivity contribution in [1.29, 1.82) is 0 Å². The van der Waals surface area contributed by atoms with Crippen LogP contribution in [-0.2, 0) is 4.79 Å². The molecule has 120 valence electrons. The van der Waals surface area contributed by atoms with E-state index in [1.165, 1.54) is 5.56 Å². The smallest absolute Gasteiger partial charge is 0.230 e. The normalized spacial score (nSPS) is 29.3. The summed E-state index contributed by atoms with van der Waals surface area (Å²) in [5.41, 5.74) is 1.23. The minimum Gasteiger partial charge on any atom is -0.341 e. The maximum absolute atomic E-state index is 13.2. The van der Waals surface area contributed by atoms with Crippen LogP contribution in [0.3, 0.4) is 0 Å². The van der Waals surface area contributed by atoms with Crippen LogP contribution in [0.25, 0.3) is 0 Å². The molecule has 1 N–H and O–H groups in total. The number of amides is 1. The van der Waals surface area contributed by atoms with Gasteiger partial charge in [0.2, 0.25) is 5.91 Å². The first-order valence-electron chi connectivity index (χ1n) is 8.47. The third-order valence-corrected chi connectivity index (χ3v) is 5.07. The van der Waals surface area contributed by atoms with Gasteiger partial charge in [0.05, 0.1) is 5.41 Å². The van der Waals surface area contributed by atoms with E-state index in [-0.39, 0.29) is 10.8 Å². The zero-order valence-electron chi connectivity index (χ0n) is 14.1. The summed E-state index contributed by atoms with van der Waals surface area (Å²) in [6, 6.07) is 10.6. The van der Waals surface area contributed by atoms with E-state index in [1.54, 1.807) is 0 Å². The van der Waals surface area contributed by atoms with Crippen LogP contribution >= 0.6 is 0 Å². The van der Waals surface area contributed by atoms with Gasteiger partial charge in [0.15, 0.2) is 0 Å². The molecule has 3 heteroatoms. The van der Waals surface area contributed by atoms with Crippen molar-refractivity contribution in [3.63, 3.8) is 0 Å². The standard InChI is InChI=1S/C19H28N2O/c1-18(2,3)14-21-12-16(15-8-5-4-6-9-15)19(17(21)22)10-7-11-20-13-19/h4-6,8-9,16,20H,7,10-14H2,1-3H3/t16-,19-/m0/s1. The highest BCUT2D eigenvalue weighted by Crippen LogP contribution is 2.48. The van der Waals surface area contributed by atoms with Crippen molar-refractivity contribution in [2.45, 2.75) is 39.5 Å². The van der Waals surface area contributed by atoms with Gasteiger partial charge < -0.3 is 10.2 Å². The summed E-state index contributed by atoms with van der Waals surface area (Å²) in [5.74, 6) is 0.680. The van der Waals surface area contributed by atoms with Gasteiger partial charge in [-0.1, -0.05) is 51.1 Å². The Morgan fingerprint density at radius 3 is 2.59 bits per heavy atom. The predicted octanol–water partition coefficient (Wildman–Crippen LogP) is 3.03. The number of rotatable bonds is 2. The van der Waals surface area contributed by atoms with Crippen molar-refractivity contribution in [2.75, 3.05) is 26.2 Å². The molecule has 1 amide bonds. The molecule has 1 aromatic carbocycles. The molecule has 2 heterocycles. The van der Waals surface area contributed by atoms with Gasteiger partial charge >= 0.3 is 0 Å². The number of hydrogen-bond donors (Lipinski definition) is 1. The van der Waals surface area contributed by atoms with Crippen molar-refractivity contribution in [2.24, 2.45) is 10.8 Å². The zero-order chi connectivity index (χ0) is 15.8. The Morgan fingerprint density at radius 2 is 2.00 bits per heavy atom. The fourth-order valence-electron chi connectivity index (χ4n) is 4.17. The van der Waals surface area contributed by atoms with Crippen molar-refractivity contribution in [3.8, 4) is 0 Å². The van der Waals surface area contributed by atoms with E-state index >= 15 is 0 Å². The van der Waals surface area contributed by atoms with Crippen LogP contribution in [0.5, 0.6) is 0 Å². The number of carbonyl (C=O) groups excluding carboxylic acids is 1. The van der Waals surface area contributed by atoms with Gasteiger partial charge in [-0.2, -0.15) is 0 Å². The molecule has 3 rings (SSSR count). The average Bonchev–Trinajstić information content (AvgIpc) is 2.73. The van der Waals surface area contributed by atoms with Gasteiger partial charge in [0.25, 0.3) is 0 Å². The van der Waals surface area contributed by atoms with E-state index in [0.29, 0.717) is 11.8 Å². The lowest BCUT2D eigenvalue weighted by Gasteiger charge is -2.37. The fraction of sp³-hybridized carbons (Fsp3) is 0.632. The molecular formula is C19H28N2O. The van der Waals surface area contributed by atoms with Crippen molar-refractivity contribution in [3.05, 3.63) is 35.9 Å². The number of likely N-dealkylation sites (tertiary alicyclic amines) is 1. The Bertz CT molecular complexity index is 526. The van der Waals surface area contributed by atoms with Crippen LogP contribution in [0, 0.1) is 10.8 Å². The maximum atomic E-state index is 13.2. The number of benzene rings is 1. The minimum absolute atomic E-state index is 0.143. The topological polar surface area (TPSA) is 32.3 Å². The first-order valence-corrected chi connectivity index (χ1v) is 8.47. The van der Waals surface area contributed by atoms with Gasteiger partial charge in [-0.3, -0.25) is 4.79 Å². The highest BCUT2D eigenvalue weighted by Gasteiger charge is 2.54. The Balaban J connectivity index is 1.94. The third-order valence-electron chi connectivity index (χ3n) is 5.07. The molecule has 1 spiro atoms. The lowest BCUT2D eigenvalue weighted by Crippen LogP contribution is -2.48. The minimum atomic E-state index is -0.231. The van der Waals surface area contributed by atoms with Gasteiger partial charge in [-0.05, 0) is 30.4 Å². The Morgan fingerprint density at radius 1 is 1.27 bits per heavy atom. The molecule has 0 aromatic heterocycles. The van der Waals surface area contributed by atoms with E-state index in [1.807, 2.05) is 0 Å². The first kappa shape index (κ1) is 15.5. The molecule has 2 saturated heterocycles. The quantitative estimate of drug-likeness (QED) is 0.910. The SMILES string of the molecule is CC(C)(C)CN1C[C@@H](c2ccccc2)[C@@]2(CCCNC2)C1=O. The second-order valence-electron chi connectivity index (χ2n) is 8.15. The highest BCUT2D eigenvalue weighted by molar-refractivity contribution is 5.87. The summed E-state index contributed by atoms with van der Waals surface area (Å²) in [6.45, 7) is 10.2. The summed E-state index contributed by atoms with van der Waals surface area (Å²) in [6.07, 6.45) is 2.11. The van der Waals surface area contributed by atoms with Gasteiger partial charge in [-0.25, -0.2) is 0 Å². The molecule has 0 aliphatic carbocycles. The number of carbonyl (C=O) groups is 1. The van der Waals surface area contributed by atoms with E-state index in [4.69, 9.17) is 0 Å². The summed E-state index contributed by atoms with van der Waals surface area (Å²) in [4.78, 5) is 15.3. The van der Waals surface area contributed by atoms with Crippen molar-refractivity contribution in [1.82, 2.24) is 10.2 Å². The van der Waals surface area contributed by atoms with Gasteiger partial charge in [0.1, 0.15) is 0 Å². The van der Waals surface area contributed by atoms with Gasteiger partial charge in [-0.15, -0.1) is 0 Å². The Hall–Kier alpha value is -1.35.